The fourth-order valence-corrected chi connectivity index (χ4v) is 3.25. The average molecular weight is 332 g/mol. The lowest BCUT2D eigenvalue weighted by atomic mass is 9.85. The Morgan fingerprint density at radius 1 is 1.12 bits per heavy atom. The number of carbonyl (C=O) groups excluding carboxylic acids is 1. The van der Waals surface area contributed by atoms with E-state index in [4.69, 9.17) is 4.74 Å². The Morgan fingerprint density at radius 2 is 1.88 bits per heavy atom. The van der Waals surface area contributed by atoms with Crippen molar-refractivity contribution in [3.05, 3.63) is 35.9 Å². The molecule has 0 heterocycles. The van der Waals surface area contributed by atoms with E-state index in [9.17, 15) is 4.79 Å². The van der Waals surface area contributed by atoms with E-state index in [2.05, 4.69) is 24.5 Å². The number of alkyl carbamates (subject to hydrolysis) is 1. The van der Waals surface area contributed by atoms with E-state index >= 15 is 0 Å². The van der Waals surface area contributed by atoms with Crippen molar-refractivity contribution in [2.24, 2.45) is 0 Å². The van der Waals surface area contributed by atoms with E-state index in [0.29, 0.717) is 18.7 Å². The average Bonchev–Trinajstić information content (AvgIpc) is 2.56. The molecule has 4 heteroatoms. The minimum absolute atomic E-state index is 0.249. The van der Waals surface area contributed by atoms with Gasteiger partial charge in [-0.25, -0.2) is 4.79 Å². The third kappa shape index (κ3) is 6.52. The number of carbonyl (C=O) groups is 1. The Kier molecular flexibility index (Phi) is 8.10. The number of amides is 1. The highest BCUT2D eigenvalue weighted by Gasteiger charge is 2.31. The van der Waals surface area contributed by atoms with Crippen LogP contribution >= 0.6 is 0 Å². The van der Waals surface area contributed by atoms with Gasteiger partial charge in [0.15, 0.2) is 0 Å². The van der Waals surface area contributed by atoms with Crippen LogP contribution in [0, 0.1) is 0 Å². The van der Waals surface area contributed by atoms with Gasteiger partial charge >= 0.3 is 6.09 Å². The van der Waals surface area contributed by atoms with Crippen LogP contribution in [0.1, 0.15) is 64.4 Å². The third-order valence-corrected chi connectivity index (χ3v) is 4.69. The largest absolute Gasteiger partial charge is 0.445 e. The van der Waals surface area contributed by atoms with Gasteiger partial charge in [0.1, 0.15) is 6.61 Å². The summed E-state index contributed by atoms with van der Waals surface area (Å²) in [7, 11) is 0. The smallest absolute Gasteiger partial charge is 0.407 e. The maximum atomic E-state index is 11.8. The van der Waals surface area contributed by atoms with Gasteiger partial charge in [-0.1, -0.05) is 63.4 Å². The highest BCUT2D eigenvalue weighted by molar-refractivity contribution is 5.67. The molecule has 1 aliphatic carbocycles. The van der Waals surface area contributed by atoms with Crippen LogP contribution in [0.4, 0.5) is 4.79 Å². The molecular weight excluding hydrogens is 300 g/mol. The first-order valence-corrected chi connectivity index (χ1v) is 9.44. The van der Waals surface area contributed by atoms with Crippen LogP contribution in [0.5, 0.6) is 0 Å². The number of hydrogen-bond donors (Lipinski definition) is 2. The van der Waals surface area contributed by atoms with Crippen molar-refractivity contribution in [2.75, 3.05) is 0 Å². The summed E-state index contributed by atoms with van der Waals surface area (Å²) in [6, 6.07) is 11.2. The second-order valence-corrected chi connectivity index (χ2v) is 6.87. The fraction of sp³-hybridized carbons (Fsp3) is 0.650. The lowest BCUT2D eigenvalue weighted by Crippen LogP contribution is -2.54. The molecular formula is C20H32N2O2. The number of benzene rings is 1. The third-order valence-electron chi connectivity index (χ3n) is 4.69. The molecule has 1 amide bonds. The number of nitrogens with one attached hydrogen (secondary N) is 2. The molecule has 0 radical (unpaired) electrons. The van der Waals surface area contributed by atoms with Crippen molar-refractivity contribution in [3.8, 4) is 0 Å². The minimum Gasteiger partial charge on any atom is -0.445 e. The number of unbranched alkanes of at least 4 members (excludes halogenated alkanes) is 1. The summed E-state index contributed by atoms with van der Waals surface area (Å²) >= 11 is 0. The molecule has 0 aromatic heterocycles. The second kappa shape index (κ2) is 10.3. The molecule has 0 saturated heterocycles. The normalized spacial score (nSPS) is 20.9. The van der Waals surface area contributed by atoms with Crippen molar-refractivity contribution in [1.29, 1.82) is 0 Å². The van der Waals surface area contributed by atoms with Crippen molar-refractivity contribution in [2.45, 2.75) is 83.5 Å². The summed E-state index contributed by atoms with van der Waals surface area (Å²) in [5, 5.41) is 6.72. The molecule has 0 aliphatic heterocycles. The zero-order valence-electron chi connectivity index (χ0n) is 15.1. The summed E-state index contributed by atoms with van der Waals surface area (Å²) in [6.07, 6.45) is 7.98. The van der Waals surface area contributed by atoms with Gasteiger partial charge in [-0.05, 0) is 31.2 Å². The Bertz CT molecular complexity index is 472. The van der Waals surface area contributed by atoms with Crippen molar-refractivity contribution < 1.29 is 9.53 Å². The maximum absolute atomic E-state index is 11.8. The molecule has 1 aromatic rings. The topological polar surface area (TPSA) is 50.4 Å². The van der Waals surface area contributed by atoms with Crippen LogP contribution in [0.15, 0.2) is 30.3 Å². The van der Waals surface area contributed by atoms with E-state index in [-0.39, 0.29) is 12.1 Å². The van der Waals surface area contributed by atoms with Crippen LogP contribution in [0.2, 0.25) is 0 Å². The lowest BCUT2D eigenvalue weighted by Gasteiger charge is -2.38. The van der Waals surface area contributed by atoms with Crippen molar-refractivity contribution in [1.82, 2.24) is 10.6 Å². The Balaban J connectivity index is 1.60. The van der Waals surface area contributed by atoms with E-state index < -0.39 is 0 Å². The second-order valence-electron chi connectivity index (χ2n) is 6.87. The van der Waals surface area contributed by atoms with Gasteiger partial charge in [-0.15, -0.1) is 0 Å². The Morgan fingerprint density at radius 3 is 2.54 bits per heavy atom. The van der Waals surface area contributed by atoms with Crippen molar-refractivity contribution in [3.63, 3.8) is 0 Å². The van der Waals surface area contributed by atoms with Gasteiger partial charge in [-0.3, -0.25) is 0 Å². The van der Waals surface area contributed by atoms with Crippen LogP contribution in [-0.2, 0) is 11.3 Å². The molecule has 1 aromatic carbocycles. The van der Waals surface area contributed by atoms with Gasteiger partial charge in [-0.2, -0.15) is 0 Å². The summed E-state index contributed by atoms with van der Waals surface area (Å²) in [5.74, 6) is 0. The molecule has 2 rings (SSSR count). The molecule has 1 atom stereocenters. The lowest BCUT2D eigenvalue weighted by molar-refractivity contribution is 0.124. The highest BCUT2D eigenvalue weighted by Crippen LogP contribution is 2.22. The molecule has 1 saturated carbocycles. The van der Waals surface area contributed by atoms with Crippen LogP contribution in [0.25, 0.3) is 0 Å². The molecule has 24 heavy (non-hydrogen) atoms. The quantitative estimate of drug-likeness (QED) is 0.668. The molecule has 4 nitrogen and oxygen atoms in total. The summed E-state index contributed by atoms with van der Waals surface area (Å²) in [5.41, 5.74) is 1.01. The van der Waals surface area contributed by atoms with E-state index in [1.54, 1.807) is 0 Å². The predicted molar refractivity (Wildman–Crippen MR) is 97.9 cm³/mol. The van der Waals surface area contributed by atoms with Crippen molar-refractivity contribution >= 4 is 6.09 Å². The number of ether oxygens (including phenoxy) is 1. The van der Waals surface area contributed by atoms with Gasteiger partial charge in [0.05, 0.1) is 0 Å². The van der Waals surface area contributed by atoms with Gasteiger partial charge in [0.25, 0.3) is 0 Å². The number of hydrogen-bond acceptors (Lipinski definition) is 3. The van der Waals surface area contributed by atoms with Crippen LogP contribution < -0.4 is 10.6 Å². The number of rotatable bonds is 10. The monoisotopic (exact) mass is 332 g/mol. The zero-order chi connectivity index (χ0) is 17.2. The molecule has 1 fully saturated rings. The zero-order valence-corrected chi connectivity index (χ0v) is 15.1. The van der Waals surface area contributed by atoms with Gasteiger partial charge < -0.3 is 15.4 Å². The highest BCUT2D eigenvalue weighted by atomic mass is 16.5. The molecule has 134 valence electrons. The maximum Gasteiger partial charge on any atom is 0.407 e. The van der Waals surface area contributed by atoms with Crippen LogP contribution in [0.3, 0.4) is 0 Å². The summed E-state index contributed by atoms with van der Waals surface area (Å²) < 4.78 is 5.27. The molecule has 1 aliphatic rings. The Hall–Kier alpha value is -1.55. The molecule has 0 bridgehead atoms. The van der Waals surface area contributed by atoms with Gasteiger partial charge in [0, 0.05) is 18.1 Å². The SMILES string of the molecule is CCCCC(CCC)NC1CC(NC(=O)OCc2ccccc2)C1. The first-order valence-electron chi connectivity index (χ1n) is 9.44. The minimum atomic E-state index is -0.307. The molecule has 0 spiro atoms. The summed E-state index contributed by atoms with van der Waals surface area (Å²) in [4.78, 5) is 11.8. The van der Waals surface area contributed by atoms with Gasteiger partial charge in [0.2, 0.25) is 0 Å². The summed E-state index contributed by atoms with van der Waals surface area (Å²) in [6.45, 7) is 4.82. The first-order chi connectivity index (χ1) is 11.7. The fourth-order valence-electron chi connectivity index (χ4n) is 3.25. The van der Waals surface area contributed by atoms with E-state index in [1.165, 1.54) is 32.1 Å². The predicted octanol–water partition coefficient (Wildman–Crippen LogP) is 4.39. The van der Waals surface area contributed by atoms with Crippen LogP contribution in [-0.4, -0.2) is 24.2 Å². The first kappa shape index (κ1) is 18.8. The standard InChI is InChI=1S/C20H32N2O2/c1-3-5-12-17(9-4-2)21-18-13-19(14-18)22-20(23)24-15-16-10-7-6-8-11-16/h6-8,10-11,17-19,21H,3-5,9,12-15H2,1-2H3,(H,22,23). The van der Waals surface area contributed by atoms with E-state index in [0.717, 1.165) is 18.4 Å². The van der Waals surface area contributed by atoms with E-state index in [1.807, 2.05) is 30.3 Å². The Labute approximate surface area is 146 Å². The molecule has 1 unspecified atom stereocenters. The molecule has 2 N–H and O–H groups in total.